The number of methoxy groups -OCH3 is 1. The van der Waals surface area contributed by atoms with E-state index in [1.165, 1.54) is 0 Å². The highest BCUT2D eigenvalue weighted by Crippen LogP contribution is 2.27. The van der Waals surface area contributed by atoms with E-state index in [1.807, 2.05) is 12.1 Å². The van der Waals surface area contributed by atoms with E-state index in [0.717, 1.165) is 30.9 Å². The Morgan fingerprint density at radius 2 is 2.28 bits per heavy atom. The summed E-state index contributed by atoms with van der Waals surface area (Å²) in [7, 11) is 1.63. The second-order valence-corrected chi connectivity index (χ2v) is 5.05. The number of halogens is 1. The minimum atomic E-state index is -0.722. The molecular formula is C13H16ClNO3. The molecule has 1 aliphatic heterocycles. The lowest BCUT2D eigenvalue weighted by atomic mass is 9.95. The third-order valence-electron chi connectivity index (χ3n) is 3.13. The molecule has 18 heavy (non-hydrogen) atoms. The Morgan fingerprint density at radius 3 is 2.89 bits per heavy atom. The van der Waals surface area contributed by atoms with Gasteiger partial charge in [-0.15, -0.1) is 0 Å². The Labute approximate surface area is 111 Å². The van der Waals surface area contributed by atoms with Gasteiger partial charge in [-0.2, -0.15) is 0 Å². The zero-order chi connectivity index (χ0) is 13.1. The number of hydrogen-bond acceptors (Lipinski definition) is 3. The Kier molecular flexibility index (Phi) is 4.09. The number of carboxylic acids is 1. The summed E-state index contributed by atoms with van der Waals surface area (Å²) in [5, 5.41) is 9.38. The van der Waals surface area contributed by atoms with Crippen LogP contribution in [0.4, 0.5) is 0 Å². The predicted octanol–water partition coefficient (Wildman–Crippen LogP) is 2.26. The minimum absolute atomic E-state index is 0.253. The second-order valence-electron chi connectivity index (χ2n) is 4.61. The van der Waals surface area contributed by atoms with Crippen LogP contribution in [0.15, 0.2) is 18.2 Å². The molecule has 1 saturated heterocycles. The molecule has 2 rings (SSSR count). The van der Waals surface area contributed by atoms with E-state index in [4.69, 9.17) is 21.4 Å². The van der Waals surface area contributed by atoms with Crippen LogP contribution in [0.3, 0.4) is 0 Å². The minimum Gasteiger partial charge on any atom is -0.496 e. The fourth-order valence-corrected chi connectivity index (χ4v) is 2.49. The van der Waals surface area contributed by atoms with E-state index in [-0.39, 0.29) is 12.3 Å². The monoisotopic (exact) mass is 269 g/mol. The molecule has 0 bridgehead atoms. The molecular weight excluding hydrogens is 254 g/mol. The van der Waals surface area contributed by atoms with E-state index in [2.05, 4.69) is 4.90 Å². The Morgan fingerprint density at radius 1 is 1.56 bits per heavy atom. The molecule has 0 amide bonds. The molecule has 1 N–H and O–H groups in total. The van der Waals surface area contributed by atoms with Gasteiger partial charge in [-0.25, -0.2) is 0 Å². The summed E-state index contributed by atoms with van der Waals surface area (Å²) in [6, 6.07) is 5.55. The van der Waals surface area contributed by atoms with Crippen molar-refractivity contribution in [2.24, 2.45) is 5.92 Å². The number of rotatable bonds is 5. The Bertz CT molecular complexity index is 444. The third kappa shape index (κ3) is 3.15. The molecule has 0 spiro atoms. The summed E-state index contributed by atoms with van der Waals surface area (Å²) in [6.07, 6.45) is 0.253. The first-order valence-electron chi connectivity index (χ1n) is 5.85. The maximum Gasteiger partial charge on any atom is 0.303 e. The molecule has 1 heterocycles. The lowest BCUT2D eigenvalue weighted by molar-refractivity contribution is -0.139. The number of likely N-dealkylation sites (tertiary alicyclic amines) is 1. The normalized spacial score (nSPS) is 16.3. The number of nitrogens with zero attached hydrogens (tertiary/aromatic N) is 1. The van der Waals surface area contributed by atoms with Crippen molar-refractivity contribution in [2.75, 3.05) is 20.2 Å². The van der Waals surface area contributed by atoms with Gasteiger partial charge < -0.3 is 9.84 Å². The first-order valence-corrected chi connectivity index (χ1v) is 6.23. The van der Waals surface area contributed by atoms with E-state index < -0.39 is 5.97 Å². The summed E-state index contributed by atoms with van der Waals surface area (Å²) in [4.78, 5) is 12.8. The lowest BCUT2D eigenvalue weighted by Crippen LogP contribution is -2.46. The highest BCUT2D eigenvalue weighted by molar-refractivity contribution is 6.30. The van der Waals surface area contributed by atoms with Crippen LogP contribution in [0.5, 0.6) is 5.75 Å². The van der Waals surface area contributed by atoms with E-state index in [9.17, 15) is 4.79 Å². The van der Waals surface area contributed by atoms with Crippen LogP contribution in [-0.4, -0.2) is 36.2 Å². The zero-order valence-corrected chi connectivity index (χ0v) is 11.0. The van der Waals surface area contributed by atoms with Gasteiger partial charge in [0.15, 0.2) is 0 Å². The van der Waals surface area contributed by atoms with Crippen LogP contribution in [0.2, 0.25) is 5.02 Å². The van der Waals surface area contributed by atoms with Crippen molar-refractivity contribution in [3.63, 3.8) is 0 Å². The molecule has 0 aromatic heterocycles. The van der Waals surface area contributed by atoms with Gasteiger partial charge in [0.2, 0.25) is 0 Å². The van der Waals surface area contributed by atoms with Crippen molar-refractivity contribution < 1.29 is 14.6 Å². The molecule has 0 saturated carbocycles. The third-order valence-corrected chi connectivity index (χ3v) is 3.37. The fraction of sp³-hybridized carbons (Fsp3) is 0.462. The topological polar surface area (TPSA) is 49.8 Å². The first kappa shape index (κ1) is 13.2. The summed E-state index contributed by atoms with van der Waals surface area (Å²) in [6.45, 7) is 2.39. The molecule has 0 atom stereocenters. The maximum atomic E-state index is 10.6. The number of hydrogen-bond donors (Lipinski definition) is 1. The first-order chi connectivity index (χ1) is 8.58. The van der Waals surface area contributed by atoms with E-state index in [1.54, 1.807) is 13.2 Å². The predicted molar refractivity (Wildman–Crippen MR) is 69.0 cm³/mol. The van der Waals surface area contributed by atoms with Gasteiger partial charge >= 0.3 is 5.97 Å². The van der Waals surface area contributed by atoms with Crippen LogP contribution < -0.4 is 4.74 Å². The number of carbonyl (C=O) groups is 1. The molecule has 4 nitrogen and oxygen atoms in total. The van der Waals surface area contributed by atoms with Gasteiger partial charge in [-0.05, 0) is 24.1 Å². The maximum absolute atomic E-state index is 10.6. The van der Waals surface area contributed by atoms with Crippen molar-refractivity contribution in [3.8, 4) is 5.75 Å². The van der Waals surface area contributed by atoms with Crippen molar-refractivity contribution in [3.05, 3.63) is 28.8 Å². The lowest BCUT2D eigenvalue weighted by Gasteiger charge is -2.38. The summed E-state index contributed by atoms with van der Waals surface area (Å²) in [5.41, 5.74) is 1.04. The van der Waals surface area contributed by atoms with Gasteiger partial charge in [0.25, 0.3) is 0 Å². The molecule has 0 unspecified atom stereocenters. The zero-order valence-electron chi connectivity index (χ0n) is 10.2. The number of aliphatic carboxylic acids is 1. The largest absolute Gasteiger partial charge is 0.496 e. The smallest absolute Gasteiger partial charge is 0.303 e. The molecule has 0 aliphatic carbocycles. The average molecular weight is 270 g/mol. The fourth-order valence-electron chi connectivity index (χ4n) is 2.29. The van der Waals surface area contributed by atoms with Gasteiger partial charge in [-0.3, -0.25) is 9.69 Å². The van der Waals surface area contributed by atoms with Gasteiger partial charge in [0, 0.05) is 30.2 Å². The molecule has 1 aromatic rings. The van der Waals surface area contributed by atoms with Crippen LogP contribution in [0.25, 0.3) is 0 Å². The molecule has 5 heteroatoms. The van der Waals surface area contributed by atoms with Crippen LogP contribution in [0.1, 0.15) is 12.0 Å². The van der Waals surface area contributed by atoms with Gasteiger partial charge in [0.1, 0.15) is 5.75 Å². The number of ether oxygens (including phenoxy) is 1. The summed E-state index contributed by atoms with van der Waals surface area (Å²) in [5.74, 6) is 0.369. The Balaban J connectivity index is 1.91. The average Bonchev–Trinajstić information content (AvgIpc) is 2.26. The molecule has 1 aromatic carbocycles. The van der Waals surface area contributed by atoms with Crippen LogP contribution in [-0.2, 0) is 11.3 Å². The standard InChI is InChI=1S/C13H16ClNO3/c1-18-12-3-2-11(14)5-10(12)8-15-6-9(7-15)4-13(16)17/h2-3,5,9H,4,6-8H2,1H3,(H,16,17). The highest BCUT2D eigenvalue weighted by atomic mass is 35.5. The number of carboxylic acid groups (broad SMARTS) is 1. The quantitative estimate of drug-likeness (QED) is 0.891. The van der Waals surface area contributed by atoms with Crippen molar-refractivity contribution in [1.82, 2.24) is 4.90 Å². The summed E-state index contributed by atoms with van der Waals surface area (Å²) >= 11 is 5.96. The SMILES string of the molecule is COc1ccc(Cl)cc1CN1CC(CC(=O)O)C1. The number of benzene rings is 1. The molecule has 1 fully saturated rings. The molecule has 98 valence electrons. The Hall–Kier alpha value is -1.26. The summed E-state index contributed by atoms with van der Waals surface area (Å²) < 4.78 is 5.28. The van der Waals surface area contributed by atoms with Crippen LogP contribution >= 0.6 is 11.6 Å². The van der Waals surface area contributed by atoms with Crippen molar-refractivity contribution >= 4 is 17.6 Å². The van der Waals surface area contributed by atoms with E-state index in [0.29, 0.717) is 5.02 Å². The van der Waals surface area contributed by atoms with Gasteiger partial charge in [0.05, 0.1) is 13.5 Å². The van der Waals surface area contributed by atoms with Gasteiger partial charge in [-0.1, -0.05) is 11.6 Å². The van der Waals surface area contributed by atoms with E-state index >= 15 is 0 Å². The van der Waals surface area contributed by atoms with Crippen molar-refractivity contribution in [1.29, 1.82) is 0 Å². The van der Waals surface area contributed by atoms with Crippen molar-refractivity contribution in [2.45, 2.75) is 13.0 Å². The second kappa shape index (κ2) is 5.59. The highest BCUT2D eigenvalue weighted by Gasteiger charge is 2.28. The molecule has 0 radical (unpaired) electrons. The van der Waals surface area contributed by atoms with Crippen LogP contribution in [0, 0.1) is 5.92 Å². The molecule has 1 aliphatic rings.